The Morgan fingerprint density at radius 3 is 2.56 bits per heavy atom. The van der Waals surface area contributed by atoms with Crippen molar-refractivity contribution in [3.63, 3.8) is 0 Å². The molecule has 2 amide bonds. The van der Waals surface area contributed by atoms with Crippen LogP contribution in [0.15, 0.2) is 65.8 Å². The monoisotopic (exact) mass is 587 g/mol. The number of rotatable bonds is 10. The van der Waals surface area contributed by atoms with E-state index in [-0.39, 0.29) is 45.8 Å². The Balaban J connectivity index is 1.99. The van der Waals surface area contributed by atoms with Crippen LogP contribution in [0.25, 0.3) is 5.69 Å². The van der Waals surface area contributed by atoms with Gasteiger partial charge in [0.25, 0.3) is 11.7 Å². The van der Waals surface area contributed by atoms with Gasteiger partial charge in [-0.25, -0.2) is 9.36 Å². The van der Waals surface area contributed by atoms with Crippen molar-refractivity contribution < 1.29 is 22.8 Å². The van der Waals surface area contributed by atoms with Crippen LogP contribution in [0, 0.1) is 11.3 Å². The zero-order valence-corrected chi connectivity index (χ0v) is 23.0. The van der Waals surface area contributed by atoms with E-state index in [2.05, 4.69) is 37.8 Å². The average molecular weight is 588 g/mol. The Bertz CT molecular complexity index is 1560. The summed E-state index contributed by atoms with van der Waals surface area (Å²) in [6.07, 6.45) is -1.99. The molecule has 0 bridgehead atoms. The highest BCUT2D eigenvalue weighted by molar-refractivity contribution is 6.32. The molecule has 0 aliphatic carbocycles. The highest BCUT2D eigenvalue weighted by Gasteiger charge is 2.38. The second-order valence-corrected chi connectivity index (χ2v) is 9.49. The van der Waals surface area contributed by atoms with Crippen LogP contribution in [-0.2, 0) is 17.5 Å². The maximum Gasteiger partial charge on any atom is 0.453 e. The van der Waals surface area contributed by atoms with Gasteiger partial charge in [0, 0.05) is 18.2 Å². The number of nitrogens with zero attached hydrogens (tertiary/aromatic N) is 7. The van der Waals surface area contributed by atoms with Crippen molar-refractivity contribution in [3.05, 3.63) is 88.0 Å². The number of benzene rings is 1. The number of carbonyl (C=O) groups excluding carboxylic acids is 2. The predicted octanol–water partition coefficient (Wildman–Crippen LogP) is 3.79. The molecule has 15 heteroatoms. The third-order valence-electron chi connectivity index (χ3n) is 5.18. The van der Waals surface area contributed by atoms with Gasteiger partial charge in [0.05, 0.1) is 34.6 Å². The third kappa shape index (κ3) is 8.12. The number of nitrogens with one attached hydrogen (secondary N) is 2. The topological polar surface area (TPSA) is 143 Å². The molecule has 0 atom stereocenters. The lowest BCUT2D eigenvalue weighted by molar-refractivity contribution is -0.147. The molecule has 0 aliphatic rings. The van der Waals surface area contributed by atoms with Crippen molar-refractivity contribution in [2.45, 2.75) is 39.5 Å². The zero-order chi connectivity index (χ0) is 30.3. The largest absolute Gasteiger partial charge is 0.453 e. The molecule has 11 nitrogen and oxygen atoms in total. The zero-order valence-electron chi connectivity index (χ0n) is 22.2. The molecular weight excluding hydrogens is 563 g/mol. The fraction of sp³-hybridized carbons (Fsp3) is 0.269. The summed E-state index contributed by atoms with van der Waals surface area (Å²) in [6.45, 7) is 8.12. The van der Waals surface area contributed by atoms with Crippen molar-refractivity contribution in [3.8, 4) is 11.8 Å². The van der Waals surface area contributed by atoms with Gasteiger partial charge in [-0.3, -0.25) is 9.59 Å². The van der Waals surface area contributed by atoms with Crippen molar-refractivity contribution in [2.75, 3.05) is 6.54 Å². The predicted molar refractivity (Wildman–Crippen MR) is 143 cm³/mol. The fourth-order valence-corrected chi connectivity index (χ4v) is 3.74. The molecule has 214 valence electrons. The van der Waals surface area contributed by atoms with Crippen LogP contribution < -0.4 is 10.6 Å². The van der Waals surface area contributed by atoms with Gasteiger partial charge in [-0.1, -0.05) is 35.9 Å². The van der Waals surface area contributed by atoms with E-state index in [0.717, 1.165) is 0 Å². The first-order valence-electron chi connectivity index (χ1n) is 12.0. The van der Waals surface area contributed by atoms with Gasteiger partial charge in [0.1, 0.15) is 5.69 Å². The van der Waals surface area contributed by atoms with Gasteiger partial charge in [0.2, 0.25) is 5.91 Å². The van der Waals surface area contributed by atoms with Gasteiger partial charge in [-0.05, 0) is 61.5 Å². The van der Waals surface area contributed by atoms with E-state index in [1.54, 1.807) is 45.0 Å². The molecule has 2 aromatic heterocycles. The summed E-state index contributed by atoms with van der Waals surface area (Å²) in [7, 11) is 0. The van der Waals surface area contributed by atoms with Gasteiger partial charge < -0.3 is 10.6 Å². The lowest BCUT2D eigenvalue weighted by Gasteiger charge is -2.13. The van der Waals surface area contributed by atoms with Crippen LogP contribution in [0.2, 0.25) is 5.02 Å². The third-order valence-corrected chi connectivity index (χ3v) is 5.50. The minimum atomic E-state index is -4.81. The number of allylic oxidation sites excluding steroid dienone is 4. The Kier molecular flexibility index (Phi) is 9.80. The molecule has 0 aliphatic heterocycles. The molecular formula is C26H25ClF3N9O2. The number of nitriles is 1. The molecule has 1 aromatic carbocycles. The fourth-order valence-electron chi connectivity index (χ4n) is 3.52. The smallest absolute Gasteiger partial charge is 0.350 e. The summed E-state index contributed by atoms with van der Waals surface area (Å²) < 4.78 is 41.5. The number of hydrogen-bond acceptors (Lipinski definition) is 7. The number of alkyl halides is 3. The van der Waals surface area contributed by atoms with Gasteiger partial charge >= 0.3 is 6.18 Å². The van der Waals surface area contributed by atoms with E-state index in [0.29, 0.717) is 10.3 Å². The average Bonchev–Trinajstić information content (AvgIpc) is 3.52. The molecule has 3 rings (SSSR count). The summed E-state index contributed by atoms with van der Waals surface area (Å²) in [6, 6.07) is 9.42. The van der Waals surface area contributed by atoms with Crippen molar-refractivity contribution in [1.82, 2.24) is 40.6 Å². The van der Waals surface area contributed by atoms with Crippen molar-refractivity contribution >= 4 is 23.4 Å². The lowest BCUT2D eigenvalue weighted by Crippen LogP contribution is -2.36. The molecule has 0 saturated heterocycles. The number of carbonyl (C=O) groups is 2. The Labute approximate surface area is 238 Å². The molecule has 0 fully saturated rings. The van der Waals surface area contributed by atoms with Gasteiger partial charge in [-0.15, -0.1) is 5.10 Å². The van der Waals surface area contributed by atoms with Crippen LogP contribution in [0.4, 0.5) is 13.2 Å². The number of halogens is 4. The minimum Gasteiger partial charge on any atom is -0.350 e. The van der Waals surface area contributed by atoms with Gasteiger partial charge in [0.15, 0.2) is 0 Å². The molecule has 41 heavy (non-hydrogen) atoms. The Morgan fingerprint density at radius 1 is 1.24 bits per heavy atom. The summed E-state index contributed by atoms with van der Waals surface area (Å²) in [5, 5.41) is 28.8. The molecule has 2 heterocycles. The first-order valence-corrected chi connectivity index (χ1v) is 12.4. The summed E-state index contributed by atoms with van der Waals surface area (Å²) in [5.74, 6) is -2.57. The van der Waals surface area contributed by atoms with Crippen LogP contribution >= 0.6 is 11.6 Å². The van der Waals surface area contributed by atoms with Crippen LogP contribution in [0.1, 0.15) is 42.8 Å². The van der Waals surface area contributed by atoms with Crippen LogP contribution in [0.5, 0.6) is 0 Å². The van der Waals surface area contributed by atoms with Gasteiger partial charge in [-0.2, -0.15) is 23.5 Å². The highest BCUT2D eigenvalue weighted by Crippen LogP contribution is 2.27. The van der Waals surface area contributed by atoms with Crippen LogP contribution in [0.3, 0.4) is 0 Å². The molecule has 0 radical (unpaired) electrons. The molecule has 0 unspecified atom stereocenters. The molecule has 2 N–H and O–H groups in total. The maximum atomic E-state index is 13.4. The molecule has 3 aromatic rings. The number of para-hydroxylation sites is 1. The number of hydrogen-bond donors (Lipinski definition) is 2. The second-order valence-electron chi connectivity index (χ2n) is 9.08. The Hall–Kier alpha value is -4.77. The van der Waals surface area contributed by atoms with Crippen LogP contribution in [-0.4, -0.2) is 54.4 Å². The summed E-state index contributed by atoms with van der Waals surface area (Å²) in [4.78, 5) is 26.2. The van der Waals surface area contributed by atoms with Crippen molar-refractivity contribution in [1.29, 1.82) is 5.26 Å². The number of amides is 2. The standard InChI is InChI=1S/C26H25ClF3N9O2/c1-15(2)9-17(12-31)10-18(23(40)33-16(3)4)13-32-24(41)22-11-19(14-38-25(26(28,29)30)34-36-37-38)35-39(22)21-8-6-5-7-20(21)27/h5-11,16H,1,13-14H2,2-4H3,(H,32,41)(H,33,40)/b17-9+,18-10+. The first-order chi connectivity index (χ1) is 19.3. The van der Waals surface area contributed by atoms with Crippen molar-refractivity contribution in [2.24, 2.45) is 0 Å². The SMILES string of the molecule is C=C(C)/C=C(C#N)\C=C(/CNC(=O)c1cc(Cn2nnnc2C(F)(F)F)nn1-c1ccccc1Cl)C(=O)NC(C)C. The first kappa shape index (κ1) is 30.8. The number of aromatic nitrogens is 6. The normalized spacial score (nSPS) is 12.3. The van der Waals surface area contributed by atoms with E-state index < -0.39 is 30.4 Å². The second kappa shape index (κ2) is 13.1. The van der Waals surface area contributed by atoms with E-state index in [1.807, 2.05) is 6.07 Å². The number of tetrazole rings is 1. The lowest BCUT2D eigenvalue weighted by atomic mass is 10.1. The Morgan fingerprint density at radius 2 is 1.95 bits per heavy atom. The van der Waals surface area contributed by atoms with E-state index >= 15 is 0 Å². The van der Waals surface area contributed by atoms with E-state index in [9.17, 15) is 28.0 Å². The maximum absolute atomic E-state index is 13.4. The quantitative estimate of drug-likeness (QED) is 0.209. The van der Waals surface area contributed by atoms with E-state index in [4.69, 9.17) is 11.6 Å². The molecule has 0 saturated carbocycles. The summed E-state index contributed by atoms with van der Waals surface area (Å²) in [5.41, 5.74) is 1.02. The highest BCUT2D eigenvalue weighted by atomic mass is 35.5. The summed E-state index contributed by atoms with van der Waals surface area (Å²) >= 11 is 6.32. The molecule has 0 spiro atoms. The van der Waals surface area contributed by atoms with E-state index in [1.165, 1.54) is 22.9 Å². The minimum absolute atomic E-state index is 0.0253.